The minimum Gasteiger partial charge on any atom is -0.373 e. The summed E-state index contributed by atoms with van der Waals surface area (Å²) < 4.78 is 11.0. The molecule has 2 rings (SSSR count). The van der Waals surface area contributed by atoms with Gasteiger partial charge in [-0.2, -0.15) is 4.98 Å². The van der Waals surface area contributed by atoms with Gasteiger partial charge in [-0.25, -0.2) is 0 Å². The third-order valence-corrected chi connectivity index (χ3v) is 4.10. The van der Waals surface area contributed by atoms with Gasteiger partial charge in [0.05, 0.1) is 5.92 Å². The Kier molecular flexibility index (Phi) is 4.81. The van der Waals surface area contributed by atoms with Gasteiger partial charge in [-0.15, -0.1) is 0 Å². The highest BCUT2D eigenvalue weighted by Crippen LogP contribution is 2.36. The number of methoxy groups -OCH3 is 1. The molecule has 1 aliphatic carbocycles. The van der Waals surface area contributed by atoms with Crippen molar-refractivity contribution < 1.29 is 9.26 Å². The molecule has 3 atom stereocenters. The highest BCUT2D eigenvalue weighted by atomic mass is 16.5. The first-order chi connectivity index (χ1) is 9.43. The molecule has 20 heavy (non-hydrogen) atoms. The van der Waals surface area contributed by atoms with Crippen LogP contribution in [0.25, 0.3) is 0 Å². The average Bonchev–Trinajstić information content (AvgIpc) is 2.71. The highest BCUT2D eigenvalue weighted by molar-refractivity contribution is 5.03. The van der Waals surface area contributed by atoms with E-state index in [0.29, 0.717) is 11.7 Å². The van der Waals surface area contributed by atoms with Gasteiger partial charge in [0, 0.05) is 13.2 Å². The van der Waals surface area contributed by atoms with Crippen LogP contribution in [0.3, 0.4) is 0 Å². The second-order valence-electron chi connectivity index (χ2n) is 6.88. The summed E-state index contributed by atoms with van der Waals surface area (Å²) in [6.45, 7) is 6.32. The van der Waals surface area contributed by atoms with Crippen LogP contribution in [0.4, 0.5) is 0 Å². The van der Waals surface area contributed by atoms with Gasteiger partial charge in [0.2, 0.25) is 11.7 Å². The lowest BCUT2D eigenvalue weighted by Crippen LogP contribution is -2.27. The fourth-order valence-corrected chi connectivity index (χ4v) is 2.99. The molecule has 2 N–H and O–H groups in total. The molecule has 1 saturated carbocycles. The summed E-state index contributed by atoms with van der Waals surface area (Å²) in [6, 6.07) is 0.126. The molecule has 0 aromatic carbocycles. The number of rotatable bonds is 3. The maximum absolute atomic E-state index is 6.26. The summed E-state index contributed by atoms with van der Waals surface area (Å²) in [5.74, 6) is 1.50. The van der Waals surface area contributed by atoms with E-state index < -0.39 is 0 Å². The van der Waals surface area contributed by atoms with Crippen molar-refractivity contribution in [3.63, 3.8) is 0 Å². The molecular formula is C15H27N3O2. The topological polar surface area (TPSA) is 74.2 Å². The zero-order valence-corrected chi connectivity index (χ0v) is 13.1. The predicted octanol–water partition coefficient (Wildman–Crippen LogP) is 3.18. The number of hydrogen-bond donors (Lipinski definition) is 1. The zero-order valence-electron chi connectivity index (χ0n) is 13.1. The van der Waals surface area contributed by atoms with Crippen molar-refractivity contribution in [2.24, 2.45) is 11.1 Å². The van der Waals surface area contributed by atoms with Gasteiger partial charge in [-0.05, 0) is 18.3 Å². The Labute approximate surface area is 121 Å². The van der Waals surface area contributed by atoms with Crippen molar-refractivity contribution in [2.45, 2.75) is 70.9 Å². The maximum atomic E-state index is 6.26. The Morgan fingerprint density at radius 2 is 1.95 bits per heavy atom. The Balaban J connectivity index is 2.19. The van der Waals surface area contributed by atoms with Gasteiger partial charge in [-0.1, -0.05) is 45.2 Å². The van der Waals surface area contributed by atoms with Crippen LogP contribution in [0.2, 0.25) is 0 Å². The number of nitrogens with two attached hydrogens (primary N) is 1. The summed E-state index contributed by atoms with van der Waals surface area (Å²) >= 11 is 0. The van der Waals surface area contributed by atoms with E-state index in [0.717, 1.165) is 12.8 Å². The van der Waals surface area contributed by atoms with Crippen LogP contribution in [0.5, 0.6) is 0 Å². The Hall–Kier alpha value is -0.940. The predicted molar refractivity (Wildman–Crippen MR) is 77.3 cm³/mol. The summed E-state index contributed by atoms with van der Waals surface area (Å²) in [5.41, 5.74) is 6.19. The Morgan fingerprint density at radius 3 is 2.60 bits per heavy atom. The van der Waals surface area contributed by atoms with Crippen molar-refractivity contribution >= 4 is 0 Å². The number of nitrogens with zero attached hydrogens (tertiary/aromatic N) is 2. The maximum Gasteiger partial charge on any atom is 0.231 e. The summed E-state index contributed by atoms with van der Waals surface area (Å²) in [6.07, 6.45) is 5.53. The molecule has 1 aromatic heterocycles. The highest BCUT2D eigenvalue weighted by Gasteiger charge is 2.33. The van der Waals surface area contributed by atoms with E-state index in [1.54, 1.807) is 7.11 Å². The Morgan fingerprint density at radius 1 is 1.25 bits per heavy atom. The van der Waals surface area contributed by atoms with E-state index in [1.807, 2.05) is 0 Å². The van der Waals surface area contributed by atoms with Gasteiger partial charge in [0.15, 0.2) is 0 Å². The van der Waals surface area contributed by atoms with Crippen LogP contribution in [0.15, 0.2) is 4.52 Å². The smallest absolute Gasteiger partial charge is 0.231 e. The molecule has 1 fully saturated rings. The third-order valence-electron chi connectivity index (χ3n) is 4.10. The lowest BCUT2D eigenvalue weighted by Gasteiger charge is -2.26. The molecule has 0 saturated heterocycles. The molecule has 0 spiro atoms. The van der Waals surface area contributed by atoms with Gasteiger partial charge >= 0.3 is 0 Å². The van der Waals surface area contributed by atoms with E-state index in [2.05, 4.69) is 30.9 Å². The molecule has 1 heterocycles. The van der Waals surface area contributed by atoms with Crippen LogP contribution >= 0.6 is 0 Å². The van der Waals surface area contributed by atoms with Crippen LogP contribution in [0.1, 0.15) is 76.6 Å². The molecule has 1 aromatic rings. The fraction of sp³-hybridized carbons (Fsp3) is 0.867. The molecule has 0 amide bonds. The number of hydrogen-bond acceptors (Lipinski definition) is 5. The van der Waals surface area contributed by atoms with Crippen molar-refractivity contribution in [3.05, 3.63) is 11.7 Å². The van der Waals surface area contributed by atoms with Crippen LogP contribution < -0.4 is 5.73 Å². The van der Waals surface area contributed by atoms with Crippen LogP contribution in [-0.2, 0) is 4.74 Å². The summed E-state index contributed by atoms with van der Waals surface area (Å²) in [7, 11) is 1.68. The minimum absolute atomic E-state index is 0.0680. The monoisotopic (exact) mass is 281 g/mol. The summed E-state index contributed by atoms with van der Waals surface area (Å²) in [5, 5.41) is 4.13. The van der Waals surface area contributed by atoms with Gasteiger partial charge in [0.1, 0.15) is 6.10 Å². The molecular weight excluding hydrogens is 254 g/mol. The average molecular weight is 281 g/mol. The quantitative estimate of drug-likeness (QED) is 0.861. The van der Waals surface area contributed by atoms with E-state index >= 15 is 0 Å². The van der Waals surface area contributed by atoms with E-state index in [-0.39, 0.29) is 23.5 Å². The van der Waals surface area contributed by atoms with Crippen LogP contribution in [-0.4, -0.2) is 23.3 Å². The molecule has 5 nitrogen and oxygen atoms in total. The fourth-order valence-electron chi connectivity index (χ4n) is 2.99. The lowest BCUT2D eigenvalue weighted by molar-refractivity contribution is 0.00718. The standard InChI is InChI=1S/C15H27N3O2/c1-15(2,3)12(19-4)13-17-14(20-18-13)10-8-6-5-7-9-11(10)16/h10-12H,5-9,16H2,1-4H3. The van der Waals surface area contributed by atoms with Crippen LogP contribution in [0, 0.1) is 5.41 Å². The molecule has 5 heteroatoms. The van der Waals surface area contributed by atoms with Crippen molar-refractivity contribution in [1.82, 2.24) is 10.1 Å². The molecule has 114 valence electrons. The number of ether oxygens (including phenoxy) is 1. The first kappa shape index (κ1) is 15.4. The van der Waals surface area contributed by atoms with Gasteiger partial charge in [0.25, 0.3) is 0 Å². The van der Waals surface area contributed by atoms with Crippen molar-refractivity contribution in [3.8, 4) is 0 Å². The second kappa shape index (κ2) is 6.22. The lowest BCUT2D eigenvalue weighted by atomic mass is 9.88. The van der Waals surface area contributed by atoms with Gasteiger partial charge < -0.3 is 15.0 Å². The molecule has 1 aliphatic rings. The van der Waals surface area contributed by atoms with E-state index in [1.165, 1.54) is 19.3 Å². The molecule has 0 aliphatic heterocycles. The summed E-state index contributed by atoms with van der Waals surface area (Å²) in [4.78, 5) is 4.58. The minimum atomic E-state index is -0.165. The molecule has 3 unspecified atom stereocenters. The normalized spacial score (nSPS) is 26.2. The van der Waals surface area contributed by atoms with Crippen molar-refractivity contribution in [1.29, 1.82) is 0 Å². The third kappa shape index (κ3) is 3.38. The largest absolute Gasteiger partial charge is 0.373 e. The van der Waals surface area contributed by atoms with E-state index in [9.17, 15) is 0 Å². The molecule has 0 radical (unpaired) electrons. The van der Waals surface area contributed by atoms with E-state index in [4.69, 9.17) is 15.0 Å². The molecule has 0 bridgehead atoms. The van der Waals surface area contributed by atoms with Gasteiger partial charge in [-0.3, -0.25) is 0 Å². The van der Waals surface area contributed by atoms with Crippen molar-refractivity contribution in [2.75, 3.05) is 7.11 Å². The SMILES string of the molecule is COC(c1noc(C2CCCCCC2N)n1)C(C)(C)C. The second-order valence-corrected chi connectivity index (χ2v) is 6.88. The first-order valence-corrected chi connectivity index (χ1v) is 7.55. The first-order valence-electron chi connectivity index (χ1n) is 7.55. The number of aromatic nitrogens is 2. The zero-order chi connectivity index (χ0) is 14.8. The Bertz CT molecular complexity index is 425.